The molecule has 0 unspecified atom stereocenters. The summed E-state index contributed by atoms with van der Waals surface area (Å²) >= 11 is 0. The van der Waals surface area contributed by atoms with Crippen LogP contribution in [0.2, 0.25) is 0 Å². The van der Waals surface area contributed by atoms with Gasteiger partial charge in [-0.3, -0.25) is 9.59 Å². The van der Waals surface area contributed by atoms with Crippen molar-refractivity contribution < 1.29 is 46.5 Å². The monoisotopic (exact) mass is 535 g/mol. The Morgan fingerprint density at radius 1 is 0.947 bits per heavy atom. The Hall–Kier alpha value is -3.83. The van der Waals surface area contributed by atoms with E-state index in [0.29, 0.717) is 23.4 Å². The maximum atomic E-state index is 13.8. The Balaban J connectivity index is 1.82. The summed E-state index contributed by atoms with van der Waals surface area (Å²) in [6.45, 7) is -0.154. The topological polar surface area (TPSA) is 95.0 Å². The normalized spacial score (nSPS) is 11.3. The fourth-order valence-electron chi connectivity index (χ4n) is 3.67. The molecule has 1 N–H and O–H groups in total. The second-order valence-electron chi connectivity index (χ2n) is 8.11. The van der Waals surface area contributed by atoms with E-state index in [-0.39, 0.29) is 66.7 Å². The highest BCUT2D eigenvalue weighted by Crippen LogP contribution is 2.35. The number of rotatable bonds is 12. The lowest BCUT2D eigenvalue weighted by molar-refractivity contribution is -0.139. The van der Waals surface area contributed by atoms with Crippen molar-refractivity contribution >= 4 is 11.6 Å². The third kappa shape index (κ3) is 6.93. The highest BCUT2D eigenvalue weighted by atomic mass is 19.4. The molecule has 202 valence electrons. The molecule has 7 nitrogen and oxygen atoms in total. The van der Waals surface area contributed by atoms with Crippen LogP contribution in [0.4, 0.5) is 17.6 Å². The van der Waals surface area contributed by atoms with E-state index >= 15 is 0 Å². The number of carbonyl (C=O) groups is 2. The van der Waals surface area contributed by atoms with Gasteiger partial charge in [0.05, 0.1) is 31.6 Å². The molecule has 0 aliphatic rings. The molecule has 0 saturated carbocycles. The number of ketones is 2. The van der Waals surface area contributed by atoms with E-state index in [1.165, 1.54) is 44.6 Å². The number of ether oxygens (including phenoxy) is 3. The Morgan fingerprint density at radius 3 is 2.34 bits per heavy atom. The van der Waals surface area contributed by atoms with Crippen molar-refractivity contribution in [3.8, 4) is 22.8 Å². The number of hydrogen-bond acceptors (Lipinski definition) is 7. The molecule has 0 atom stereocenters. The maximum Gasteiger partial charge on any atom is 0.419 e. The van der Waals surface area contributed by atoms with Crippen LogP contribution in [0.5, 0.6) is 11.5 Å². The molecule has 0 saturated heterocycles. The maximum absolute atomic E-state index is 13.8. The molecular weight excluding hydrogens is 510 g/mol. The number of aromatic nitrogens is 1. The summed E-state index contributed by atoms with van der Waals surface area (Å²) in [5, 5.41) is 8.91. The molecule has 0 bridgehead atoms. The zero-order chi connectivity index (χ0) is 27.9. The molecule has 0 radical (unpaired) electrons. The summed E-state index contributed by atoms with van der Waals surface area (Å²) in [6.07, 6.45) is -5.29. The molecule has 0 aliphatic heterocycles. The van der Waals surface area contributed by atoms with Crippen molar-refractivity contribution in [2.45, 2.75) is 25.6 Å². The number of aliphatic hydroxyl groups is 1. The summed E-state index contributed by atoms with van der Waals surface area (Å²) in [5.41, 5.74) is -0.831. The third-order valence-electron chi connectivity index (χ3n) is 5.52. The number of halogens is 4. The number of Topliss-reactive ketones (excluding diaryl/α,β-unsaturated/α-hetero) is 2. The van der Waals surface area contributed by atoms with E-state index < -0.39 is 23.3 Å². The van der Waals surface area contributed by atoms with E-state index in [9.17, 15) is 27.2 Å². The van der Waals surface area contributed by atoms with Gasteiger partial charge in [-0.15, -0.1) is 0 Å². The highest BCUT2D eigenvalue weighted by Gasteiger charge is 2.34. The van der Waals surface area contributed by atoms with Gasteiger partial charge < -0.3 is 19.3 Å². The predicted octanol–water partition coefficient (Wildman–Crippen LogP) is 5.28. The Labute approximate surface area is 216 Å². The van der Waals surface area contributed by atoms with Crippen molar-refractivity contribution in [1.29, 1.82) is 0 Å². The lowest BCUT2D eigenvalue weighted by Gasteiger charge is -2.13. The van der Waals surface area contributed by atoms with Gasteiger partial charge in [-0.1, -0.05) is 6.07 Å². The number of alkyl halides is 3. The molecule has 0 spiro atoms. The molecule has 0 amide bonds. The van der Waals surface area contributed by atoms with Crippen molar-refractivity contribution in [1.82, 2.24) is 4.98 Å². The van der Waals surface area contributed by atoms with E-state index in [4.69, 9.17) is 19.3 Å². The molecule has 0 aliphatic carbocycles. The summed E-state index contributed by atoms with van der Waals surface area (Å²) in [5.74, 6) is -1.65. The fourth-order valence-corrected chi connectivity index (χ4v) is 3.67. The average Bonchev–Trinajstić information content (AvgIpc) is 2.90. The van der Waals surface area contributed by atoms with Crippen molar-refractivity contribution in [2.75, 3.05) is 27.4 Å². The van der Waals surface area contributed by atoms with Crippen molar-refractivity contribution in [2.24, 2.45) is 0 Å². The van der Waals surface area contributed by atoms with Crippen molar-refractivity contribution in [3.05, 3.63) is 76.7 Å². The van der Waals surface area contributed by atoms with Gasteiger partial charge in [-0.25, -0.2) is 9.37 Å². The van der Waals surface area contributed by atoms with E-state index in [1.807, 2.05) is 0 Å². The lowest BCUT2D eigenvalue weighted by atomic mass is 10.0. The van der Waals surface area contributed by atoms with Crippen LogP contribution >= 0.6 is 0 Å². The number of carbonyl (C=O) groups excluding carboxylic acids is 2. The molecule has 0 fully saturated rings. The van der Waals surface area contributed by atoms with Crippen LogP contribution in [0.15, 0.2) is 48.5 Å². The van der Waals surface area contributed by atoms with Crippen LogP contribution in [-0.4, -0.2) is 49.1 Å². The lowest BCUT2D eigenvalue weighted by Crippen LogP contribution is -2.10. The zero-order valence-electron chi connectivity index (χ0n) is 20.6. The largest absolute Gasteiger partial charge is 0.493 e. The smallest absolute Gasteiger partial charge is 0.419 e. The molecule has 2 aromatic carbocycles. The number of aliphatic hydroxyl groups excluding tert-OH is 1. The SMILES string of the molecule is COCc1ccc(C(=O)CCC(=O)c2ccc(OCCO)c(OC)c2)nc1-c1ccc(F)c(C(F)(F)F)c1. The average molecular weight is 535 g/mol. The number of nitrogens with zero attached hydrogens (tertiary/aromatic N) is 1. The van der Waals surface area contributed by atoms with Gasteiger partial charge >= 0.3 is 6.18 Å². The van der Waals surface area contributed by atoms with Gasteiger partial charge in [0.25, 0.3) is 0 Å². The minimum atomic E-state index is -4.92. The fraction of sp³-hybridized carbons (Fsp3) is 0.296. The van der Waals surface area contributed by atoms with Gasteiger partial charge in [0.1, 0.15) is 18.1 Å². The highest BCUT2D eigenvalue weighted by molar-refractivity contribution is 6.02. The van der Waals surface area contributed by atoms with Gasteiger partial charge in [0.2, 0.25) is 0 Å². The molecule has 1 heterocycles. The van der Waals surface area contributed by atoms with Gasteiger partial charge in [0, 0.05) is 36.6 Å². The minimum absolute atomic E-state index is 0.00609. The molecule has 3 aromatic rings. The molecule has 1 aromatic heterocycles. The van der Waals surface area contributed by atoms with E-state index in [1.54, 1.807) is 0 Å². The standard InChI is InChI=1S/C27H25F4NO6/c1-36-15-18-4-7-21(32-26(18)17-3-6-20(28)19(13-17)27(29,30)31)23(35)9-8-22(34)16-5-10-24(38-12-11-33)25(14-16)37-2/h3-7,10,13-14,33H,8-9,11-12,15H2,1-2H3. The van der Waals surface area contributed by atoms with Gasteiger partial charge in [-0.05, 0) is 42.5 Å². The Bertz CT molecular complexity index is 1310. The van der Waals surface area contributed by atoms with Crippen LogP contribution in [0.1, 0.15) is 44.8 Å². The van der Waals surface area contributed by atoms with Crippen LogP contribution in [0.3, 0.4) is 0 Å². The summed E-state index contributed by atoms with van der Waals surface area (Å²) in [6, 6.07) is 9.85. The molecule has 11 heteroatoms. The second-order valence-corrected chi connectivity index (χ2v) is 8.11. The van der Waals surface area contributed by atoms with E-state index in [2.05, 4.69) is 4.98 Å². The predicted molar refractivity (Wildman–Crippen MR) is 129 cm³/mol. The first-order chi connectivity index (χ1) is 18.1. The molecule has 3 rings (SSSR count). The third-order valence-corrected chi connectivity index (χ3v) is 5.52. The van der Waals surface area contributed by atoms with Gasteiger partial charge in [-0.2, -0.15) is 13.2 Å². The first-order valence-electron chi connectivity index (χ1n) is 11.4. The van der Waals surface area contributed by atoms with Crippen LogP contribution in [0.25, 0.3) is 11.3 Å². The number of methoxy groups -OCH3 is 2. The first kappa shape index (κ1) is 28.7. The number of benzene rings is 2. The summed E-state index contributed by atoms with van der Waals surface area (Å²) in [7, 11) is 2.79. The Morgan fingerprint density at radius 2 is 1.68 bits per heavy atom. The molecular formula is C27H25F4NO6. The van der Waals surface area contributed by atoms with Gasteiger partial charge in [0.15, 0.2) is 23.1 Å². The minimum Gasteiger partial charge on any atom is -0.493 e. The summed E-state index contributed by atoms with van der Waals surface area (Å²) < 4.78 is 69.2. The van der Waals surface area contributed by atoms with Crippen LogP contribution in [0, 0.1) is 5.82 Å². The summed E-state index contributed by atoms with van der Waals surface area (Å²) in [4.78, 5) is 29.8. The van der Waals surface area contributed by atoms with E-state index in [0.717, 1.165) is 6.07 Å². The number of hydrogen-bond donors (Lipinski definition) is 1. The quantitative estimate of drug-likeness (QED) is 0.249. The second kappa shape index (κ2) is 12.6. The molecule has 38 heavy (non-hydrogen) atoms. The zero-order valence-corrected chi connectivity index (χ0v) is 20.6. The number of pyridine rings is 1. The van der Waals surface area contributed by atoms with Crippen LogP contribution in [-0.2, 0) is 17.5 Å². The Kier molecular flexibility index (Phi) is 9.54. The first-order valence-corrected chi connectivity index (χ1v) is 11.4. The van der Waals surface area contributed by atoms with Crippen molar-refractivity contribution in [3.63, 3.8) is 0 Å². The van der Waals surface area contributed by atoms with Crippen LogP contribution < -0.4 is 9.47 Å².